The third kappa shape index (κ3) is 2.92. The van der Waals surface area contributed by atoms with Gasteiger partial charge in [0.15, 0.2) is 0 Å². The van der Waals surface area contributed by atoms with Crippen molar-refractivity contribution in [1.82, 2.24) is 4.98 Å². The first-order valence-electron chi connectivity index (χ1n) is 7.66. The maximum absolute atomic E-state index is 10.8. The van der Waals surface area contributed by atoms with Crippen LogP contribution in [0.5, 0.6) is 0 Å². The lowest BCUT2D eigenvalue weighted by Crippen LogP contribution is -2.09. The molecule has 126 valence electrons. The van der Waals surface area contributed by atoms with E-state index in [0.717, 1.165) is 34.7 Å². The van der Waals surface area contributed by atoms with Crippen LogP contribution < -0.4 is 0 Å². The van der Waals surface area contributed by atoms with Crippen molar-refractivity contribution in [2.75, 3.05) is 0 Å². The highest BCUT2D eigenvalue weighted by Crippen LogP contribution is 2.56. The second-order valence-corrected chi connectivity index (χ2v) is 7.75. The zero-order valence-electron chi connectivity index (χ0n) is 12.9. The van der Waals surface area contributed by atoms with Gasteiger partial charge < -0.3 is 0 Å². The van der Waals surface area contributed by atoms with Crippen molar-refractivity contribution in [2.45, 2.75) is 18.3 Å². The molecule has 0 aliphatic heterocycles. The molecule has 4 rings (SSSR count). The summed E-state index contributed by atoms with van der Waals surface area (Å²) in [6.07, 6.45) is 2.00. The summed E-state index contributed by atoms with van der Waals surface area (Å²) in [6.45, 7) is 0. The van der Waals surface area contributed by atoms with Crippen molar-refractivity contribution in [2.24, 2.45) is 0 Å². The summed E-state index contributed by atoms with van der Waals surface area (Å²) < 4.78 is 0. The van der Waals surface area contributed by atoms with Gasteiger partial charge in [-0.25, -0.2) is 4.98 Å². The molecular weight excluding hydrogens is 379 g/mol. The van der Waals surface area contributed by atoms with Gasteiger partial charge in [0.25, 0.3) is 5.69 Å². The third-order valence-electron chi connectivity index (χ3n) is 4.48. The van der Waals surface area contributed by atoms with Crippen molar-refractivity contribution < 1.29 is 4.92 Å². The number of hydrogen-bond acceptors (Lipinski definition) is 4. The molecular formula is C18H12Cl2N2O2S. The fourth-order valence-electron chi connectivity index (χ4n) is 2.98. The van der Waals surface area contributed by atoms with Gasteiger partial charge >= 0.3 is 0 Å². The molecule has 4 nitrogen and oxygen atoms in total. The Morgan fingerprint density at radius 3 is 2.44 bits per heavy atom. The Hall–Kier alpha value is -1.95. The van der Waals surface area contributed by atoms with Gasteiger partial charge in [0.1, 0.15) is 5.01 Å². The summed E-state index contributed by atoms with van der Waals surface area (Å²) in [7, 11) is 0. The van der Waals surface area contributed by atoms with Crippen molar-refractivity contribution in [1.29, 1.82) is 0 Å². The number of rotatable bonds is 4. The molecule has 1 aromatic heterocycles. The van der Waals surface area contributed by atoms with Crippen LogP contribution >= 0.6 is 34.5 Å². The first-order valence-corrected chi connectivity index (χ1v) is 9.29. The van der Waals surface area contributed by atoms with E-state index in [1.807, 2.05) is 17.5 Å². The van der Waals surface area contributed by atoms with Gasteiger partial charge in [-0.2, -0.15) is 0 Å². The number of thiazole rings is 1. The standard InChI is InChI=1S/C18H12Cl2N2O2S/c19-12-3-6-14(15(20)9-12)18(7-8-18)17-21-16(10-25-17)11-1-4-13(5-2-11)22(23)24/h1-6,9-10H,7-8H2. The number of nitro groups is 1. The van der Waals surface area contributed by atoms with Crippen molar-refractivity contribution in [3.63, 3.8) is 0 Å². The van der Waals surface area contributed by atoms with E-state index in [-0.39, 0.29) is 11.1 Å². The second kappa shape index (κ2) is 6.09. The van der Waals surface area contributed by atoms with Gasteiger partial charge in [0.05, 0.1) is 10.6 Å². The summed E-state index contributed by atoms with van der Waals surface area (Å²) in [5.74, 6) is 0. The lowest BCUT2D eigenvalue weighted by molar-refractivity contribution is -0.384. The molecule has 2 aromatic carbocycles. The molecule has 0 bridgehead atoms. The van der Waals surface area contributed by atoms with Crippen LogP contribution in [0.25, 0.3) is 11.3 Å². The summed E-state index contributed by atoms with van der Waals surface area (Å²) in [5, 5.41) is 15.1. The zero-order valence-corrected chi connectivity index (χ0v) is 15.2. The molecule has 0 amide bonds. The molecule has 1 heterocycles. The highest BCUT2D eigenvalue weighted by Gasteiger charge is 2.49. The number of aromatic nitrogens is 1. The molecule has 0 unspecified atom stereocenters. The van der Waals surface area contributed by atoms with Crippen molar-refractivity contribution in [3.8, 4) is 11.3 Å². The third-order valence-corrected chi connectivity index (χ3v) is 6.08. The summed E-state index contributed by atoms with van der Waals surface area (Å²) in [6, 6.07) is 12.0. The Labute approximate surface area is 158 Å². The Bertz CT molecular complexity index is 965. The van der Waals surface area contributed by atoms with Gasteiger partial charge in [-0.05, 0) is 42.7 Å². The van der Waals surface area contributed by atoms with Gasteiger partial charge in [0, 0.05) is 38.5 Å². The normalized spacial score (nSPS) is 15.1. The van der Waals surface area contributed by atoms with Gasteiger partial charge in [-0.15, -0.1) is 11.3 Å². The monoisotopic (exact) mass is 390 g/mol. The molecule has 3 aromatic rings. The molecule has 1 saturated carbocycles. The SMILES string of the molecule is O=[N+]([O-])c1ccc(-c2csc(C3(c4ccc(Cl)cc4Cl)CC3)n2)cc1. The number of benzene rings is 2. The Kier molecular flexibility index (Phi) is 4.02. The van der Waals surface area contributed by atoms with E-state index in [9.17, 15) is 10.1 Å². The van der Waals surface area contributed by atoms with Crippen LogP contribution in [0, 0.1) is 10.1 Å². The first-order chi connectivity index (χ1) is 12.0. The van der Waals surface area contributed by atoms with Crippen LogP contribution in [-0.2, 0) is 5.41 Å². The van der Waals surface area contributed by atoms with E-state index in [0.29, 0.717) is 10.0 Å². The van der Waals surface area contributed by atoms with Crippen molar-refractivity contribution in [3.05, 3.63) is 78.6 Å². The van der Waals surface area contributed by atoms with Crippen LogP contribution in [0.3, 0.4) is 0 Å². The predicted molar refractivity (Wildman–Crippen MR) is 101 cm³/mol. The minimum Gasteiger partial charge on any atom is -0.258 e. The summed E-state index contributed by atoms with van der Waals surface area (Å²) >= 11 is 14.0. The second-order valence-electron chi connectivity index (χ2n) is 6.05. The van der Waals surface area contributed by atoms with Crippen LogP contribution in [0.15, 0.2) is 47.8 Å². The first kappa shape index (κ1) is 16.5. The molecule has 25 heavy (non-hydrogen) atoms. The highest BCUT2D eigenvalue weighted by molar-refractivity contribution is 7.10. The topological polar surface area (TPSA) is 56.0 Å². The molecule has 7 heteroatoms. The zero-order chi connectivity index (χ0) is 17.6. The molecule has 0 saturated heterocycles. The average molecular weight is 391 g/mol. The Balaban J connectivity index is 1.68. The van der Waals surface area contributed by atoms with Gasteiger partial charge in [-0.3, -0.25) is 10.1 Å². The van der Waals surface area contributed by atoms with Crippen LogP contribution in [0.1, 0.15) is 23.4 Å². The number of hydrogen-bond donors (Lipinski definition) is 0. The van der Waals surface area contributed by atoms with Crippen LogP contribution in [-0.4, -0.2) is 9.91 Å². The van der Waals surface area contributed by atoms with Crippen molar-refractivity contribution >= 4 is 40.2 Å². The lowest BCUT2D eigenvalue weighted by atomic mass is 9.96. The fourth-order valence-corrected chi connectivity index (χ4v) is 4.67. The van der Waals surface area contributed by atoms with E-state index in [4.69, 9.17) is 28.2 Å². The summed E-state index contributed by atoms with van der Waals surface area (Å²) in [5.41, 5.74) is 2.69. The van der Waals surface area contributed by atoms with Crippen LogP contribution in [0.2, 0.25) is 10.0 Å². The number of nitro benzene ring substituents is 1. The minimum absolute atomic E-state index is 0.0748. The Morgan fingerprint density at radius 1 is 1.12 bits per heavy atom. The molecule has 1 fully saturated rings. The predicted octanol–water partition coefficient (Wildman–Crippen LogP) is 6.11. The largest absolute Gasteiger partial charge is 0.269 e. The minimum atomic E-state index is -0.405. The van der Waals surface area contributed by atoms with E-state index in [1.54, 1.807) is 29.5 Å². The van der Waals surface area contributed by atoms with E-state index in [2.05, 4.69) is 0 Å². The molecule has 0 radical (unpaired) electrons. The number of halogens is 2. The quantitative estimate of drug-likeness (QED) is 0.399. The van der Waals surface area contributed by atoms with E-state index >= 15 is 0 Å². The maximum atomic E-state index is 10.8. The fraction of sp³-hybridized carbons (Fsp3) is 0.167. The van der Waals surface area contributed by atoms with E-state index in [1.165, 1.54) is 12.1 Å². The van der Waals surface area contributed by atoms with Gasteiger partial charge in [-0.1, -0.05) is 29.3 Å². The number of non-ortho nitro benzene ring substituents is 1. The summed E-state index contributed by atoms with van der Waals surface area (Å²) in [4.78, 5) is 15.2. The number of nitrogens with zero attached hydrogens (tertiary/aromatic N) is 2. The lowest BCUT2D eigenvalue weighted by Gasteiger charge is -2.14. The Morgan fingerprint density at radius 2 is 1.84 bits per heavy atom. The molecule has 0 spiro atoms. The molecule has 0 atom stereocenters. The molecule has 1 aliphatic rings. The molecule has 0 N–H and O–H groups in total. The molecule has 1 aliphatic carbocycles. The maximum Gasteiger partial charge on any atom is 0.269 e. The smallest absolute Gasteiger partial charge is 0.258 e. The van der Waals surface area contributed by atoms with Gasteiger partial charge in [0.2, 0.25) is 0 Å². The average Bonchev–Trinajstić information content (AvgIpc) is 3.23. The highest BCUT2D eigenvalue weighted by atomic mass is 35.5. The van der Waals surface area contributed by atoms with Crippen LogP contribution in [0.4, 0.5) is 5.69 Å². The van der Waals surface area contributed by atoms with E-state index < -0.39 is 4.92 Å².